The molecule has 0 saturated heterocycles. The number of H-pyrrole nitrogens is 2. The van der Waals surface area contributed by atoms with E-state index in [0.717, 1.165) is 38.5 Å². The van der Waals surface area contributed by atoms with Gasteiger partial charge < -0.3 is 48.3 Å². The molecule has 8 N–H and O–H groups in total. The van der Waals surface area contributed by atoms with Gasteiger partial charge >= 0.3 is 15.2 Å². The Bertz CT molecular complexity index is 1030. The zero-order valence-corrected chi connectivity index (χ0v) is 28.4. The lowest BCUT2D eigenvalue weighted by atomic mass is 10.1. The van der Waals surface area contributed by atoms with E-state index in [9.17, 15) is 28.0 Å². The van der Waals surface area contributed by atoms with Crippen LogP contribution in [0.4, 0.5) is 0 Å². The van der Waals surface area contributed by atoms with Crippen molar-refractivity contribution in [1.82, 2.24) is 0 Å². The van der Waals surface area contributed by atoms with Crippen molar-refractivity contribution in [3.63, 3.8) is 0 Å². The summed E-state index contributed by atoms with van der Waals surface area (Å²) in [5.74, 6) is 0. The van der Waals surface area contributed by atoms with Crippen LogP contribution < -0.4 is 19.8 Å². The van der Waals surface area contributed by atoms with Gasteiger partial charge in [-0.3, -0.25) is 9.13 Å². The largest absolute Gasteiger partial charge is 0.779 e. The zero-order chi connectivity index (χ0) is 33.5. The highest BCUT2D eigenvalue weighted by molar-refractivity contribution is 7.52. The van der Waals surface area contributed by atoms with Crippen molar-refractivity contribution >= 4 is 30.4 Å². The van der Waals surface area contributed by atoms with Crippen molar-refractivity contribution in [2.24, 2.45) is 0 Å². The minimum Gasteiger partial charge on any atom is -0.779 e. The van der Waals surface area contributed by atoms with Crippen molar-refractivity contribution < 1.29 is 67.4 Å². The van der Waals surface area contributed by atoms with Crippen LogP contribution in [0.1, 0.15) is 77.0 Å². The van der Waals surface area contributed by atoms with Crippen LogP contribution in [0.2, 0.25) is 0 Å². The maximum Gasteiger partial charge on any atom is 0.325 e. The predicted molar refractivity (Wildman–Crippen MR) is 164 cm³/mol. The second-order valence-electron chi connectivity index (χ2n) is 10.3. The molecule has 14 nitrogen and oxygen atoms in total. The number of aromatic nitrogens is 2. The first kappa shape index (κ1) is 42.9. The van der Waals surface area contributed by atoms with E-state index in [1.807, 2.05) is 24.8 Å². The smallest absolute Gasteiger partial charge is 0.325 e. The van der Waals surface area contributed by atoms with Crippen LogP contribution >= 0.6 is 30.4 Å². The quantitative estimate of drug-likeness (QED) is 0.0910. The third-order valence-corrected chi connectivity index (χ3v) is 9.61. The molecule has 0 spiro atoms. The Labute approximate surface area is 259 Å². The Kier molecular flexibility index (Phi) is 22.7. The van der Waals surface area contributed by atoms with Gasteiger partial charge in [0.1, 0.15) is 15.2 Å². The Morgan fingerprint density at radius 2 is 0.659 bits per heavy atom. The third-order valence-electron chi connectivity index (χ3n) is 6.05. The maximum absolute atomic E-state index is 10.5. The number of unbranched alkanes of at least 4 members (excludes halogenated alkanes) is 10. The summed E-state index contributed by atoms with van der Waals surface area (Å²) in [6, 6.07) is 8.20. The summed E-state index contributed by atoms with van der Waals surface area (Å²) in [4.78, 5) is 77.9. The fourth-order valence-electron chi connectivity index (χ4n) is 3.83. The first-order chi connectivity index (χ1) is 20.4. The average molecular weight is 705 g/mol. The summed E-state index contributed by atoms with van der Waals surface area (Å²) in [7, 11) is -15.9. The highest BCUT2D eigenvalue weighted by Gasteiger charge is 2.12. The van der Waals surface area contributed by atoms with Crippen molar-refractivity contribution in [3.8, 4) is 11.1 Å². The Hall–Kier alpha value is -1.10. The van der Waals surface area contributed by atoms with E-state index < -0.39 is 30.4 Å². The van der Waals surface area contributed by atoms with E-state index in [2.05, 4.69) is 34.2 Å². The van der Waals surface area contributed by atoms with Crippen LogP contribution in [0.25, 0.3) is 11.1 Å². The molecule has 2 aromatic rings. The predicted octanol–water partition coefficient (Wildman–Crippen LogP) is 3.08. The van der Waals surface area contributed by atoms with Gasteiger partial charge in [-0.05, 0) is 36.8 Å². The number of pyridine rings is 2. The molecular formula is C26H48N2O12P4. The van der Waals surface area contributed by atoms with Gasteiger partial charge in [0.25, 0.3) is 0 Å². The lowest BCUT2D eigenvalue weighted by molar-refractivity contribution is -0.378. The molecule has 0 aliphatic carbocycles. The first-order valence-corrected chi connectivity index (χ1v) is 21.6. The summed E-state index contributed by atoms with van der Waals surface area (Å²) >= 11 is 0. The molecule has 44 heavy (non-hydrogen) atoms. The second kappa shape index (κ2) is 23.3. The molecule has 254 valence electrons. The number of aromatic amines is 2. The first-order valence-electron chi connectivity index (χ1n) is 14.5. The van der Waals surface area contributed by atoms with Gasteiger partial charge in [-0.15, -0.1) is 0 Å². The molecular weight excluding hydrogens is 656 g/mol. The van der Waals surface area contributed by atoms with E-state index in [4.69, 9.17) is 29.4 Å². The summed E-state index contributed by atoms with van der Waals surface area (Å²) in [5, 5.41) is 0. The fourth-order valence-corrected chi connectivity index (χ4v) is 6.35. The highest BCUT2D eigenvalue weighted by Crippen LogP contribution is 2.36. The second-order valence-corrected chi connectivity index (χ2v) is 17.3. The van der Waals surface area contributed by atoms with Crippen molar-refractivity contribution in [2.45, 2.75) is 77.0 Å². The monoisotopic (exact) mass is 704 g/mol. The van der Waals surface area contributed by atoms with Gasteiger partial charge in [0, 0.05) is 48.9 Å². The van der Waals surface area contributed by atoms with Gasteiger partial charge in [0.15, 0.2) is 24.8 Å². The molecule has 2 atom stereocenters. The molecule has 0 aromatic carbocycles. The number of nitrogens with one attached hydrogen (secondary N) is 2. The van der Waals surface area contributed by atoms with Gasteiger partial charge in [0.2, 0.25) is 0 Å². The average Bonchev–Trinajstić information content (AvgIpc) is 2.91. The minimum atomic E-state index is -4.10. The minimum absolute atomic E-state index is 0.0839. The normalized spacial score (nSPS) is 14.3. The molecule has 0 aliphatic heterocycles. The number of rotatable bonds is 19. The molecule has 0 bridgehead atoms. The van der Waals surface area contributed by atoms with E-state index >= 15 is 0 Å². The lowest BCUT2D eigenvalue weighted by Crippen LogP contribution is -2.03. The van der Waals surface area contributed by atoms with Gasteiger partial charge in [-0.1, -0.05) is 51.4 Å². The van der Waals surface area contributed by atoms with Crippen molar-refractivity contribution in [1.29, 1.82) is 0 Å². The van der Waals surface area contributed by atoms with Gasteiger partial charge in [0.05, 0.1) is 0 Å². The van der Waals surface area contributed by atoms with Gasteiger partial charge in [-0.2, -0.15) is 0 Å². The zero-order valence-electron chi connectivity index (χ0n) is 24.9. The molecule has 0 aliphatic rings. The lowest BCUT2D eigenvalue weighted by Gasteiger charge is -2.14. The Morgan fingerprint density at radius 1 is 0.432 bits per heavy atom. The topological polar surface area (TPSA) is 264 Å². The molecule has 0 amide bonds. The molecule has 18 heteroatoms. The molecule has 0 fully saturated rings. The van der Waals surface area contributed by atoms with Crippen LogP contribution in [0.15, 0.2) is 49.1 Å². The molecule has 0 saturated carbocycles. The fraction of sp³-hybridized carbons (Fsp3) is 0.615. The summed E-state index contributed by atoms with van der Waals surface area (Å²) < 4.78 is 41.7. The van der Waals surface area contributed by atoms with E-state index in [1.54, 1.807) is 0 Å². The molecule has 2 aromatic heterocycles. The van der Waals surface area contributed by atoms with E-state index in [1.165, 1.54) is 11.1 Å². The van der Waals surface area contributed by atoms with Crippen molar-refractivity contribution in [3.05, 3.63) is 49.1 Å². The van der Waals surface area contributed by atoms with Crippen LogP contribution in [0.3, 0.4) is 0 Å². The Morgan fingerprint density at radius 3 is 0.886 bits per heavy atom. The van der Waals surface area contributed by atoms with E-state index in [-0.39, 0.29) is 24.6 Å². The Balaban J connectivity index is 0.000000635. The maximum atomic E-state index is 10.5. The standard InChI is InChI=1S/C10H8N2.2C8H20O6P2/c1-5-11-6-2-9(1)10-3-7-12-8-4-10;2*9-15(10,11)7-5-3-1-2-4-6-8-16(12,13)14/h1-8H;2*1-8H2,(H2,9,10,11)(H2,12,13,14). The highest BCUT2D eigenvalue weighted by atomic mass is 31.2. The van der Waals surface area contributed by atoms with Crippen LogP contribution in [-0.2, 0) is 18.3 Å². The third kappa shape index (κ3) is 32.3. The van der Waals surface area contributed by atoms with Crippen LogP contribution in [0.5, 0.6) is 0 Å². The van der Waals surface area contributed by atoms with Crippen LogP contribution in [-0.4, -0.2) is 54.0 Å². The summed E-state index contributed by atoms with van der Waals surface area (Å²) in [6.07, 6.45) is 15.2. The molecule has 0 radical (unpaired) electrons. The number of hydrogen-bond acceptors (Lipinski definition) is 6. The van der Waals surface area contributed by atoms with E-state index in [0.29, 0.717) is 38.5 Å². The summed E-state index contributed by atoms with van der Waals surface area (Å²) in [6.45, 7) is 0. The van der Waals surface area contributed by atoms with Crippen molar-refractivity contribution in [2.75, 3.05) is 24.6 Å². The molecule has 2 rings (SSSR count). The molecule has 2 unspecified atom stereocenters. The van der Waals surface area contributed by atoms with Crippen LogP contribution in [0, 0.1) is 0 Å². The SMILES string of the molecule is O=P([O-])(O)CCCCCCCCP(=O)(O)O.O=P([O-])(O)CCCCCCCCP(=O)(O)O.c1cc(-c2cc[nH+]cc2)cc[nH+]1. The molecule has 2 heterocycles. The van der Waals surface area contributed by atoms with Gasteiger partial charge in [-0.25, -0.2) is 9.97 Å². The summed E-state index contributed by atoms with van der Waals surface area (Å²) in [5.41, 5.74) is 2.45. The number of hydrogen-bond donors (Lipinski definition) is 6.